The Morgan fingerprint density at radius 3 is 2.43 bits per heavy atom. The molecule has 3 aromatic rings. The number of nitrogens with one attached hydrogen (secondary N) is 1. The number of methoxy groups -OCH3 is 1. The molecule has 5 nitrogen and oxygen atoms in total. The molecule has 0 aliphatic carbocycles. The van der Waals surface area contributed by atoms with Gasteiger partial charge in [0.15, 0.2) is 0 Å². The first-order valence-electron chi connectivity index (χ1n) is 9.32. The monoisotopic (exact) mass is 378 g/mol. The minimum atomic E-state index is -0.352. The Balaban J connectivity index is 1.66. The number of hydrogen-bond acceptors (Lipinski definition) is 4. The second kappa shape index (κ2) is 8.30. The van der Waals surface area contributed by atoms with Crippen molar-refractivity contribution in [2.75, 3.05) is 7.11 Å². The number of rotatable bonds is 7. The Morgan fingerprint density at radius 2 is 1.79 bits per heavy atom. The van der Waals surface area contributed by atoms with E-state index in [1.807, 2.05) is 63.2 Å². The summed E-state index contributed by atoms with van der Waals surface area (Å²) in [4.78, 5) is 17.1. The first-order chi connectivity index (χ1) is 13.4. The van der Waals surface area contributed by atoms with Crippen LogP contribution in [0.25, 0.3) is 11.5 Å². The van der Waals surface area contributed by atoms with Crippen LogP contribution in [0.15, 0.2) is 59.0 Å². The van der Waals surface area contributed by atoms with E-state index < -0.39 is 0 Å². The van der Waals surface area contributed by atoms with Crippen molar-refractivity contribution < 1.29 is 13.9 Å². The molecular formula is C23H26N2O3. The maximum atomic E-state index is 12.6. The highest BCUT2D eigenvalue weighted by molar-refractivity contribution is 5.79. The first-order valence-corrected chi connectivity index (χ1v) is 9.32. The van der Waals surface area contributed by atoms with E-state index in [1.54, 1.807) is 7.11 Å². The SMILES string of the molecule is COc1ccc(-c2nc(CC(=O)NC(C)(C)Cc3ccccc3)c(C)o2)cc1. The Morgan fingerprint density at radius 1 is 1.11 bits per heavy atom. The number of hydrogen-bond donors (Lipinski definition) is 1. The van der Waals surface area contributed by atoms with Gasteiger partial charge >= 0.3 is 0 Å². The van der Waals surface area contributed by atoms with Crippen LogP contribution in [0.1, 0.15) is 30.9 Å². The van der Waals surface area contributed by atoms with E-state index in [-0.39, 0.29) is 17.9 Å². The van der Waals surface area contributed by atoms with E-state index in [0.717, 1.165) is 17.7 Å². The van der Waals surface area contributed by atoms with Gasteiger partial charge in [0.2, 0.25) is 11.8 Å². The van der Waals surface area contributed by atoms with Crippen molar-refractivity contribution in [3.63, 3.8) is 0 Å². The molecule has 0 aliphatic heterocycles. The number of amides is 1. The van der Waals surface area contributed by atoms with Crippen LogP contribution < -0.4 is 10.1 Å². The molecule has 1 aromatic heterocycles. The lowest BCUT2D eigenvalue weighted by atomic mass is 9.94. The normalized spacial score (nSPS) is 11.3. The molecule has 5 heteroatoms. The van der Waals surface area contributed by atoms with Gasteiger partial charge in [0.1, 0.15) is 11.5 Å². The number of oxazole rings is 1. The van der Waals surface area contributed by atoms with Crippen LogP contribution in [0.3, 0.4) is 0 Å². The van der Waals surface area contributed by atoms with Gasteiger partial charge in [-0.05, 0) is 57.0 Å². The van der Waals surface area contributed by atoms with Crippen molar-refractivity contribution in [2.24, 2.45) is 0 Å². The largest absolute Gasteiger partial charge is 0.497 e. The molecule has 1 amide bonds. The predicted octanol–water partition coefficient (Wildman–Crippen LogP) is 4.34. The average molecular weight is 378 g/mol. The molecule has 0 saturated carbocycles. The van der Waals surface area contributed by atoms with Crippen molar-refractivity contribution >= 4 is 5.91 Å². The van der Waals surface area contributed by atoms with Crippen LogP contribution in [0.4, 0.5) is 0 Å². The molecule has 0 radical (unpaired) electrons. The molecule has 146 valence electrons. The second-order valence-electron chi connectivity index (χ2n) is 7.52. The summed E-state index contributed by atoms with van der Waals surface area (Å²) in [5.74, 6) is 1.86. The molecule has 28 heavy (non-hydrogen) atoms. The quantitative estimate of drug-likeness (QED) is 0.664. The highest BCUT2D eigenvalue weighted by atomic mass is 16.5. The first kappa shape index (κ1) is 19.7. The molecule has 0 saturated heterocycles. The number of carbonyl (C=O) groups is 1. The molecule has 0 spiro atoms. The van der Waals surface area contributed by atoms with Crippen LogP contribution in [-0.4, -0.2) is 23.5 Å². The summed E-state index contributed by atoms with van der Waals surface area (Å²) in [6.07, 6.45) is 0.943. The summed E-state index contributed by atoms with van der Waals surface area (Å²) in [6.45, 7) is 5.88. The van der Waals surface area contributed by atoms with E-state index in [9.17, 15) is 4.79 Å². The van der Waals surface area contributed by atoms with Gasteiger partial charge in [-0.1, -0.05) is 30.3 Å². The number of aryl methyl sites for hydroxylation is 1. The Labute approximate surface area is 165 Å². The number of benzene rings is 2. The fourth-order valence-electron chi connectivity index (χ4n) is 3.17. The van der Waals surface area contributed by atoms with E-state index in [4.69, 9.17) is 9.15 Å². The van der Waals surface area contributed by atoms with Gasteiger partial charge in [-0.3, -0.25) is 4.79 Å². The topological polar surface area (TPSA) is 64.4 Å². The molecular weight excluding hydrogens is 352 g/mol. The zero-order valence-corrected chi connectivity index (χ0v) is 16.8. The third kappa shape index (κ3) is 5.00. The molecule has 0 atom stereocenters. The summed E-state index contributed by atoms with van der Waals surface area (Å²) in [7, 11) is 1.63. The van der Waals surface area contributed by atoms with Gasteiger partial charge in [0, 0.05) is 11.1 Å². The van der Waals surface area contributed by atoms with E-state index >= 15 is 0 Å². The van der Waals surface area contributed by atoms with Crippen molar-refractivity contribution in [3.05, 3.63) is 71.6 Å². The van der Waals surface area contributed by atoms with Crippen LogP contribution in [-0.2, 0) is 17.6 Å². The zero-order valence-electron chi connectivity index (χ0n) is 16.8. The van der Waals surface area contributed by atoms with Crippen molar-refractivity contribution in [1.29, 1.82) is 0 Å². The van der Waals surface area contributed by atoms with Gasteiger partial charge in [-0.15, -0.1) is 0 Å². The van der Waals surface area contributed by atoms with Gasteiger partial charge in [0.25, 0.3) is 0 Å². The smallest absolute Gasteiger partial charge is 0.226 e. The van der Waals surface area contributed by atoms with Crippen LogP contribution in [0, 0.1) is 6.92 Å². The summed E-state index contributed by atoms with van der Waals surface area (Å²) in [5, 5.41) is 3.11. The van der Waals surface area contributed by atoms with Gasteiger partial charge in [-0.25, -0.2) is 4.98 Å². The highest BCUT2D eigenvalue weighted by Crippen LogP contribution is 2.24. The van der Waals surface area contributed by atoms with Crippen LogP contribution in [0.5, 0.6) is 5.75 Å². The fourth-order valence-corrected chi connectivity index (χ4v) is 3.17. The van der Waals surface area contributed by atoms with Gasteiger partial charge in [0.05, 0.1) is 19.2 Å². The number of aromatic nitrogens is 1. The fraction of sp³-hybridized carbons (Fsp3) is 0.304. The molecule has 0 fully saturated rings. The lowest BCUT2D eigenvalue weighted by Crippen LogP contribution is -2.45. The number of ether oxygens (including phenoxy) is 1. The Hall–Kier alpha value is -3.08. The molecule has 1 heterocycles. The molecule has 2 aromatic carbocycles. The van der Waals surface area contributed by atoms with Crippen LogP contribution >= 0.6 is 0 Å². The molecule has 0 bridgehead atoms. The lowest BCUT2D eigenvalue weighted by Gasteiger charge is -2.26. The maximum absolute atomic E-state index is 12.6. The maximum Gasteiger partial charge on any atom is 0.226 e. The van der Waals surface area contributed by atoms with E-state index in [2.05, 4.69) is 22.4 Å². The predicted molar refractivity (Wildman–Crippen MR) is 109 cm³/mol. The van der Waals surface area contributed by atoms with Gasteiger partial charge < -0.3 is 14.5 Å². The average Bonchev–Trinajstić information content (AvgIpc) is 3.02. The molecule has 0 unspecified atom stereocenters. The minimum absolute atomic E-state index is 0.0707. The lowest BCUT2D eigenvalue weighted by molar-refractivity contribution is -0.122. The number of carbonyl (C=O) groups excluding carboxylic acids is 1. The Bertz CT molecular complexity index is 928. The third-order valence-corrected chi connectivity index (χ3v) is 4.52. The third-order valence-electron chi connectivity index (χ3n) is 4.52. The summed E-state index contributed by atoms with van der Waals surface area (Å²) in [5.41, 5.74) is 2.33. The second-order valence-corrected chi connectivity index (χ2v) is 7.52. The summed E-state index contributed by atoms with van der Waals surface area (Å²) >= 11 is 0. The van der Waals surface area contributed by atoms with Gasteiger partial charge in [-0.2, -0.15) is 0 Å². The van der Waals surface area contributed by atoms with Crippen molar-refractivity contribution in [1.82, 2.24) is 10.3 Å². The molecule has 0 aliphatic rings. The van der Waals surface area contributed by atoms with Crippen molar-refractivity contribution in [2.45, 2.75) is 39.2 Å². The van der Waals surface area contributed by atoms with Crippen molar-refractivity contribution in [3.8, 4) is 17.2 Å². The zero-order chi connectivity index (χ0) is 20.1. The summed E-state index contributed by atoms with van der Waals surface area (Å²) in [6, 6.07) is 17.6. The summed E-state index contributed by atoms with van der Waals surface area (Å²) < 4.78 is 10.9. The molecule has 1 N–H and O–H groups in total. The molecule has 3 rings (SSSR count). The Kier molecular flexibility index (Phi) is 5.83. The minimum Gasteiger partial charge on any atom is -0.497 e. The van der Waals surface area contributed by atoms with Crippen LogP contribution in [0.2, 0.25) is 0 Å². The standard InChI is InChI=1S/C23H26N2O3/c1-16-20(24-22(28-16)18-10-12-19(27-4)13-11-18)14-21(26)25-23(2,3)15-17-8-6-5-7-9-17/h5-13H,14-15H2,1-4H3,(H,25,26). The van der Waals surface area contributed by atoms with E-state index in [1.165, 1.54) is 5.56 Å². The number of nitrogens with zero attached hydrogens (tertiary/aromatic N) is 1. The van der Waals surface area contributed by atoms with E-state index in [0.29, 0.717) is 17.3 Å². The highest BCUT2D eigenvalue weighted by Gasteiger charge is 2.23.